The summed E-state index contributed by atoms with van der Waals surface area (Å²) in [4.78, 5) is 0. The number of benzene rings is 2. The first kappa shape index (κ1) is 16.1. The van der Waals surface area contributed by atoms with Crippen LogP contribution in [0.15, 0.2) is 30.3 Å². The van der Waals surface area contributed by atoms with Crippen molar-refractivity contribution in [3.63, 3.8) is 0 Å². The average molecular weight is 341 g/mol. The Bertz CT molecular complexity index is 775. The van der Waals surface area contributed by atoms with Gasteiger partial charge in [0, 0.05) is 36.2 Å². The molecule has 4 rings (SSSR count). The Morgan fingerprint density at radius 3 is 2.88 bits per heavy atom. The second kappa shape index (κ2) is 6.84. The molecule has 2 heterocycles. The zero-order chi connectivity index (χ0) is 17.2. The molecule has 0 bridgehead atoms. The van der Waals surface area contributed by atoms with Crippen LogP contribution in [0.4, 0.5) is 0 Å². The molecule has 25 heavy (non-hydrogen) atoms. The molecular weight excluding hydrogens is 318 g/mol. The highest BCUT2D eigenvalue weighted by Gasteiger charge is 2.23. The van der Waals surface area contributed by atoms with Gasteiger partial charge in [0.1, 0.15) is 17.6 Å². The van der Waals surface area contributed by atoms with Gasteiger partial charge in [0.05, 0.1) is 6.61 Å². The molecule has 0 amide bonds. The number of hydrogen-bond acceptors (Lipinski definition) is 5. The second-order valence-corrected chi connectivity index (χ2v) is 6.39. The smallest absolute Gasteiger partial charge is 0.231 e. The van der Waals surface area contributed by atoms with Crippen LogP contribution in [-0.4, -0.2) is 19.5 Å². The Balaban J connectivity index is 1.49. The Kier molecular flexibility index (Phi) is 4.40. The molecule has 2 aromatic carbocycles. The van der Waals surface area contributed by atoms with Crippen LogP contribution in [0.25, 0.3) is 0 Å². The van der Waals surface area contributed by atoms with Crippen molar-refractivity contribution in [3.8, 4) is 23.0 Å². The van der Waals surface area contributed by atoms with E-state index in [4.69, 9.17) is 18.9 Å². The van der Waals surface area contributed by atoms with E-state index < -0.39 is 0 Å². The van der Waals surface area contributed by atoms with Crippen molar-refractivity contribution >= 4 is 0 Å². The van der Waals surface area contributed by atoms with Crippen molar-refractivity contribution < 1.29 is 18.9 Å². The number of rotatable bonds is 6. The molecule has 0 spiro atoms. The Morgan fingerprint density at radius 2 is 2.00 bits per heavy atom. The Hall–Kier alpha value is -2.40. The SMILES string of the molecule is CCOc1cc(CNCc2cccc3c2OCO3)c2c(c1)CC(C)O2. The molecule has 2 aliphatic rings. The van der Waals surface area contributed by atoms with Crippen LogP contribution in [0.2, 0.25) is 0 Å². The van der Waals surface area contributed by atoms with Crippen molar-refractivity contribution in [2.24, 2.45) is 0 Å². The highest BCUT2D eigenvalue weighted by atomic mass is 16.7. The van der Waals surface area contributed by atoms with Gasteiger partial charge in [-0.3, -0.25) is 0 Å². The molecule has 0 aliphatic carbocycles. The van der Waals surface area contributed by atoms with E-state index in [9.17, 15) is 0 Å². The van der Waals surface area contributed by atoms with Gasteiger partial charge in [0.2, 0.25) is 6.79 Å². The van der Waals surface area contributed by atoms with Crippen LogP contribution in [-0.2, 0) is 19.5 Å². The summed E-state index contributed by atoms with van der Waals surface area (Å²) in [7, 11) is 0. The topological polar surface area (TPSA) is 49.0 Å². The highest BCUT2D eigenvalue weighted by Crippen LogP contribution is 2.37. The molecule has 0 fully saturated rings. The van der Waals surface area contributed by atoms with Gasteiger partial charge in [-0.2, -0.15) is 0 Å². The Morgan fingerprint density at radius 1 is 1.12 bits per heavy atom. The van der Waals surface area contributed by atoms with E-state index in [1.54, 1.807) is 0 Å². The predicted octanol–water partition coefficient (Wildman–Crippen LogP) is 3.43. The van der Waals surface area contributed by atoms with Gasteiger partial charge in [-0.25, -0.2) is 0 Å². The van der Waals surface area contributed by atoms with E-state index in [1.165, 1.54) is 5.56 Å². The van der Waals surface area contributed by atoms with Crippen LogP contribution in [0, 0.1) is 0 Å². The molecule has 1 atom stereocenters. The van der Waals surface area contributed by atoms with Crippen molar-refractivity contribution in [1.29, 1.82) is 0 Å². The number of hydrogen-bond donors (Lipinski definition) is 1. The van der Waals surface area contributed by atoms with Gasteiger partial charge in [-0.1, -0.05) is 12.1 Å². The molecule has 5 heteroatoms. The molecule has 0 radical (unpaired) electrons. The first-order chi connectivity index (χ1) is 12.2. The third-order valence-electron chi connectivity index (χ3n) is 4.46. The third kappa shape index (κ3) is 3.24. The molecule has 1 N–H and O–H groups in total. The van der Waals surface area contributed by atoms with Crippen LogP contribution >= 0.6 is 0 Å². The molecule has 1 unspecified atom stereocenters. The lowest BCUT2D eigenvalue weighted by molar-refractivity contribution is 0.173. The number of nitrogens with one attached hydrogen (secondary N) is 1. The van der Waals surface area contributed by atoms with Gasteiger partial charge >= 0.3 is 0 Å². The van der Waals surface area contributed by atoms with E-state index in [2.05, 4.69) is 30.4 Å². The summed E-state index contributed by atoms with van der Waals surface area (Å²) in [5.74, 6) is 3.57. The fourth-order valence-electron chi connectivity index (χ4n) is 3.42. The molecule has 2 aliphatic heterocycles. The standard InChI is InChI=1S/C20H23NO4/c1-3-22-17-8-15-7-13(2)25-19(15)16(9-17)11-21-10-14-5-4-6-18-20(14)24-12-23-18/h4-6,8-9,13,21H,3,7,10-12H2,1-2H3. The van der Waals surface area contributed by atoms with Gasteiger partial charge in [-0.05, 0) is 32.0 Å². The summed E-state index contributed by atoms with van der Waals surface area (Å²) in [5, 5.41) is 3.49. The van der Waals surface area contributed by atoms with Crippen molar-refractivity contribution in [2.45, 2.75) is 39.5 Å². The maximum absolute atomic E-state index is 6.01. The number of fused-ring (bicyclic) bond motifs is 2. The zero-order valence-corrected chi connectivity index (χ0v) is 14.6. The van der Waals surface area contributed by atoms with Crippen LogP contribution in [0.1, 0.15) is 30.5 Å². The quantitative estimate of drug-likeness (QED) is 0.872. The van der Waals surface area contributed by atoms with Gasteiger partial charge in [-0.15, -0.1) is 0 Å². The summed E-state index contributed by atoms with van der Waals surface area (Å²) in [5.41, 5.74) is 3.46. The minimum absolute atomic E-state index is 0.216. The molecule has 0 saturated heterocycles. The van der Waals surface area contributed by atoms with Gasteiger partial charge in [0.15, 0.2) is 11.5 Å². The van der Waals surface area contributed by atoms with Crippen LogP contribution < -0.4 is 24.3 Å². The minimum Gasteiger partial charge on any atom is -0.494 e. The maximum Gasteiger partial charge on any atom is 0.231 e. The molecule has 0 saturated carbocycles. The number of para-hydroxylation sites is 1. The molecule has 5 nitrogen and oxygen atoms in total. The fraction of sp³-hybridized carbons (Fsp3) is 0.400. The Labute approximate surface area is 147 Å². The first-order valence-electron chi connectivity index (χ1n) is 8.78. The molecule has 0 aromatic heterocycles. The van der Waals surface area contributed by atoms with E-state index in [0.717, 1.165) is 40.5 Å². The number of ether oxygens (including phenoxy) is 4. The fourth-order valence-corrected chi connectivity index (χ4v) is 3.42. The second-order valence-electron chi connectivity index (χ2n) is 6.39. The lowest BCUT2D eigenvalue weighted by Gasteiger charge is -2.13. The maximum atomic E-state index is 6.01. The lowest BCUT2D eigenvalue weighted by atomic mass is 10.1. The van der Waals surface area contributed by atoms with Crippen molar-refractivity contribution in [2.75, 3.05) is 13.4 Å². The molecule has 2 aromatic rings. The van der Waals surface area contributed by atoms with E-state index in [1.807, 2.05) is 19.1 Å². The van der Waals surface area contributed by atoms with Crippen LogP contribution in [0.5, 0.6) is 23.0 Å². The average Bonchev–Trinajstić information content (AvgIpc) is 3.21. The summed E-state index contributed by atoms with van der Waals surface area (Å²) < 4.78 is 22.7. The highest BCUT2D eigenvalue weighted by molar-refractivity contribution is 5.50. The normalized spacial score (nSPS) is 17.3. The third-order valence-corrected chi connectivity index (χ3v) is 4.46. The molecule has 132 valence electrons. The van der Waals surface area contributed by atoms with E-state index in [0.29, 0.717) is 26.5 Å². The van der Waals surface area contributed by atoms with E-state index in [-0.39, 0.29) is 6.10 Å². The summed E-state index contributed by atoms with van der Waals surface area (Å²) in [6, 6.07) is 10.1. The van der Waals surface area contributed by atoms with Crippen molar-refractivity contribution in [1.82, 2.24) is 5.32 Å². The van der Waals surface area contributed by atoms with E-state index >= 15 is 0 Å². The summed E-state index contributed by atoms with van der Waals surface area (Å²) in [6.07, 6.45) is 1.15. The monoisotopic (exact) mass is 341 g/mol. The summed E-state index contributed by atoms with van der Waals surface area (Å²) >= 11 is 0. The molecular formula is C20H23NO4. The zero-order valence-electron chi connectivity index (χ0n) is 14.6. The first-order valence-corrected chi connectivity index (χ1v) is 8.78. The van der Waals surface area contributed by atoms with Gasteiger partial charge in [0.25, 0.3) is 0 Å². The predicted molar refractivity (Wildman–Crippen MR) is 94.5 cm³/mol. The lowest BCUT2D eigenvalue weighted by Crippen LogP contribution is -2.14. The minimum atomic E-state index is 0.216. The largest absolute Gasteiger partial charge is 0.494 e. The van der Waals surface area contributed by atoms with Gasteiger partial charge < -0.3 is 24.3 Å². The van der Waals surface area contributed by atoms with Crippen molar-refractivity contribution in [3.05, 3.63) is 47.0 Å². The van der Waals surface area contributed by atoms with Crippen LogP contribution in [0.3, 0.4) is 0 Å². The summed E-state index contributed by atoms with van der Waals surface area (Å²) in [6.45, 7) is 6.47.